The molecule has 0 fully saturated rings. The monoisotopic (exact) mass is 363 g/mol. The van der Waals surface area contributed by atoms with E-state index in [2.05, 4.69) is 30.9 Å². The lowest BCUT2D eigenvalue weighted by molar-refractivity contribution is -0.125. The second kappa shape index (κ2) is 7.70. The fourth-order valence-electron chi connectivity index (χ4n) is 3.42. The predicted octanol–water partition coefficient (Wildman–Crippen LogP) is 2.98. The number of carbonyl (C=O) groups excluding carboxylic acids is 1. The maximum Gasteiger partial charge on any atom is 0.223 e. The number of fused-ring (bicyclic) bond motifs is 2. The van der Waals surface area contributed by atoms with Gasteiger partial charge in [0.2, 0.25) is 5.91 Å². The van der Waals surface area contributed by atoms with E-state index in [-0.39, 0.29) is 27.1 Å². The molecular formula is C18H26ClN5O. The molecule has 0 radical (unpaired) electrons. The molecule has 0 spiro atoms. The first-order chi connectivity index (χ1) is 11.8. The summed E-state index contributed by atoms with van der Waals surface area (Å²) >= 11 is 0. The van der Waals surface area contributed by atoms with Crippen LogP contribution in [-0.2, 0) is 24.2 Å². The van der Waals surface area contributed by atoms with Crippen LogP contribution in [0.3, 0.4) is 0 Å². The third kappa shape index (κ3) is 3.69. The Hall–Kier alpha value is -2.34. The summed E-state index contributed by atoms with van der Waals surface area (Å²) in [6, 6.07) is 8.11. The minimum atomic E-state index is 0. The number of halogens is 1. The minimum Gasteiger partial charge on any atom is -0.356 e. The molecule has 0 aliphatic heterocycles. The first-order valence-electron chi connectivity index (χ1n) is 8.50. The Labute approximate surface area is 155 Å². The quantitative estimate of drug-likeness (QED) is 0.684. The van der Waals surface area contributed by atoms with Gasteiger partial charge in [-0.2, -0.15) is 0 Å². The van der Waals surface area contributed by atoms with Crippen molar-refractivity contribution in [2.24, 2.45) is 5.92 Å². The predicted molar refractivity (Wildman–Crippen MR) is 103 cm³/mol. The third-order valence-electron chi connectivity index (χ3n) is 4.76. The number of nitrogens with one attached hydrogen (secondary N) is 2. The van der Waals surface area contributed by atoms with Gasteiger partial charge in [0, 0.05) is 34.0 Å². The maximum atomic E-state index is 12.3. The Balaban J connectivity index is 0.00000121. The number of rotatable bonds is 5. The number of hydrogen-bond acceptors (Lipinski definition) is 3. The number of hydrogen-bond donors (Lipinski definition) is 2. The number of imidazole rings is 2. The summed E-state index contributed by atoms with van der Waals surface area (Å²) in [7, 11) is 0. The molecule has 1 unspecified atom stereocenters. The Kier molecular flexibility index (Phi) is 5.38. The van der Waals surface area contributed by atoms with Crippen molar-refractivity contribution in [1.29, 1.82) is 0 Å². The van der Waals surface area contributed by atoms with Gasteiger partial charge in [0.15, 0.2) is 0 Å². The molecule has 3 aromatic rings. The van der Waals surface area contributed by atoms with Gasteiger partial charge >= 0.3 is 0 Å². The van der Waals surface area contributed by atoms with Crippen LogP contribution in [0.4, 0.5) is 0 Å². The normalized spacial score (nSPS) is 16.2. The summed E-state index contributed by atoms with van der Waals surface area (Å²) in [6.07, 6.45) is 7.03. The van der Waals surface area contributed by atoms with Crippen molar-refractivity contribution in [3.8, 4) is 0 Å². The van der Waals surface area contributed by atoms with E-state index < -0.39 is 0 Å². The van der Waals surface area contributed by atoms with Gasteiger partial charge in [-0.25, -0.2) is 9.97 Å². The van der Waals surface area contributed by atoms with Crippen LogP contribution in [-0.4, -0.2) is 32.0 Å². The molecule has 7 heteroatoms. The standard InChI is InChI=1S/C18H21N5O.ClH.2H2/c24-18(13-6-7-14-16(10-13)21-11-20-14)19-8-3-9-23-12-22-15-4-1-2-5-17(15)23;;;/h1-2,4-5,11-13H,3,6-10H2,(H,19,24)(H,20,21);3*1H. The topological polar surface area (TPSA) is 75.6 Å². The van der Waals surface area contributed by atoms with Gasteiger partial charge in [-0.3, -0.25) is 4.79 Å². The largest absolute Gasteiger partial charge is 0.356 e. The van der Waals surface area contributed by atoms with Gasteiger partial charge in [-0.05, 0) is 31.4 Å². The summed E-state index contributed by atoms with van der Waals surface area (Å²) in [4.78, 5) is 24.2. The second-order valence-electron chi connectivity index (χ2n) is 6.34. The highest BCUT2D eigenvalue weighted by Crippen LogP contribution is 2.22. The van der Waals surface area contributed by atoms with Crippen LogP contribution in [0, 0.1) is 5.92 Å². The van der Waals surface area contributed by atoms with Crippen LogP contribution in [0.15, 0.2) is 36.9 Å². The zero-order valence-corrected chi connectivity index (χ0v) is 14.8. The number of para-hydroxylation sites is 2. The zero-order valence-electron chi connectivity index (χ0n) is 13.9. The van der Waals surface area contributed by atoms with E-state index in [4.69, 9.17) is 0 Å². The highest BCUT2D eigenvalue weighted by Gasteiger charge is 2.25. The smallest absolute Gasteiger partial charge is 0.223 e. The van der Waals surface area contributed by atoms with Crippen molar-refractivity contribution in [2.75, 3.05) is 6.54 Å². The van der Waals surface area contributed by atoms with Crippen LogP contribution in [0.5, 0.6) is 0 Å². The molecule has 2 aromatic heterocycles. The summed E-state index contributed by atoms with van der Waals surface area (Å²) in [5.74, 6) is 0.220. The maximum absolute atomic E-state index is 12.3. The lowest BCUT2D eigenvalue weighted by Crippen LogP contribution is -2.35. The molecule has 0 saturated heterocycles. The van der Waals surface area contributed by atoms with Crippen LogP contribution in [0.25, 0.3) is 11.0 Å². The van der Waals surface area contributed by atoms with Gasteiger partial charge in [-0.15, -0.1) is 12.4 Å². The third-order valence-corrected chi connectivity index (χ3v) is 4.76. The van der Waals surface area contributed by atoms with Crippen molar-refractivity contribution in [1.82, 2.24) is 24.8 Å². The summed E-state index contributed by atoms with van der Waals surface area (Å²) in [6.45, 7) is 1.55. The van der Waals surface area contributed by atoms with E-state index in [1.807, 2.05) is 24.5 Å². The Morgan fingerprint density at radius 2 is 2.24 bits per heavy atom. The molecule has 2 heterocycles. The van der Waals surface area contributed by atoms with Crippen LogP contribution in [0.2, 0.25) is 0 Å². The summed E-state index contributed by atoms with van der Waals surface area (Å²) in [5.41, 5.74) is 4.39. The van der Waals surface area contributed by atoms with Crippen molar-refractivity contribution >= 4 is 29.3 Å². The van der Waals surface area contributed by atoms with Crippen molar-refractivity contribution in [3.63, 3.8) is 0 Å². The number of benzene rings is 1. The van der Waals surface area contributed by atoms with Crippen molar-refractivity contribution in [2.45, 2.75) is 32.2 Å². The number of aromatic amines is 1. The number of nitrogens with zero attached hydrogens (tertiary/aromatic N) is 3. The van der Waals surface area contributed by atoms with E-state index in [1.165, 1.54) is 0 Å². The minimum absolute atomic E-state index is 0. The lowest BCUT2D eigenvalue weighted by atomic mass is 9.89. The average molecular weight is 364 g/mol. The highest BCUT2D eigenvalue weighted by atomic mass is 35.5. The molecule has 1 amide bonds. The van der Waals surface area contributed by atoms with E-state index in [0.29, 0.717) is 6.54 Å². The highest BCUT2D eigenvalue weighted by molar-refractivity contribution is 5.85. The number of carbonyl (C=O) groups is 1. The number of H-pyrrole nitrogens is 1. The lowest BCUT2D eigenvalue weighted by Gasteiger charge is -2.20. The zero-order chi connectivity index (χ0) is 16.4. The van der Waals surface area contributed by atoms with Crippen LogP contribution in [0.1, 0.15) is 27.1 Å². The Bertz CT molecular complexity index is 866. The van der Waals surface area contributed by atoms with Crippen molar-refractivity contribution in [3.05, 3.63) is 48.3 Å². The van der Waals surface area contributed by atoms with Crippen LogP contribution >= 0.6 is 12.4 Å². The van der Waals surface area contributed by atoms with Crippen LogP contribution < -0.4 is 5.32 Å². The van der Waals surface area contributed by atoms with E-state index >= 15 is 0 Å². The molecule has 1 atom stereocenters. The van der Waals surface area contributed by atoms with Gasteiger partial charge < -0.3 is 14.9 Å². The number of aryl methyl sites for hydroxylation is 2. The van der Waals surface area contributed by atoms with E-state index in [9.17, 15) is 4.79 Å². The molecule has 0 bridgehead atoms. The second-order valence-corrected chi connectivity index (χ2v) is 6.34. The molecule has 1 aliphatic carbocycles. The summed E-state index contributed by atoms with van der Waals surface area (Å²) in [5, 5.41) is 3.08. The molecule has 25 heavy (non-hydrogen) atoms. The van der Waals surface area contributed by atoms with Gasteiger partial charge in [-0.1, -0.05) is 12.1 Å². The number of amides is 1. The fraction of sp³-hybridized carbons (Fsp3) is 0.389. The molecular weight excluding hydrogens is 338 g/mol. The molecule has 0 saturated carbocycles. The fourth-order valence-corrected chi connectivity index (χ4v) is 3.42. The van der Waals surface area contributed by atoms with Gasteiger partial charge in [0.1, 0.15) is 0 Å². The molecule has 1 aromatic carbocycles. The van der Waals surface area contributed by atoms with Gasteiger partial charge in [0.25, 0.3) is 0 Å². The molecule has 2 N–H and O–H groups in total. The molecule has 136 valence electrons. The Morgan fingerprint density at radius 1 is 1.36 bits per heavy atom. The SMILES string of the molecule is Cl.O=C(NCCCn1cnc2ccccc21)C1CCc2nc[nH]c2C1.[HH].[HH]. The summed E-state index contributed by atoms with van der Waals surface area (Å²) < 4.78 is 2.14. The van der Waals surface area contributed by atoms with Gasteiger partial charge in [0.05, 0.1) is 29.4 Å². The van der Waals surface area contributed by atoms with E-state index in [0.717, 1.165) is 54.6 Å². The van der Waals surface area contributed by atoms with E-state index in [1.54, 1.807) is 6.33 Å². The number of aromatic nitrogens is 4. The molecule has 1 aliphatic rings. The first kappa shape index (κ1) is 17.5. The molecule has 4 rings (SSSR count). The Morgan fingerprint density at radius 3 is 3.16 bits per heavy atom. The molecule has 6 nitrogen and oxygen atoms in total. The first-order valence-corrected chi connectivity index (χ1v) is 8.50. The van der Waals surface area contributed by atoms with Crippen molar-refractivity contribution < 1.29 is 7.65 Å². The average Bonchev–Trinajstić information content (AvgIpc) is 3.24.